The number of nitrogens with zero attached hydrogens (tertiary/aromatic N) is 2. The maximum atomic E-state index is 14.9. The Kier molecular flexibility index (Phi) is 7.09. The summed E-state index contributed by atoms with van der Waals surface area (Å²) in [6, 6.07) is 12.7. The number of sulfonamides is 1. The fourth-order valence-corrected chi connectivity index (χ4v) is 10.0. The summed E-state index contributed by atoms with van der Waals surface area (Å²) in [7, 11) is -2.09. The lowest BCUT2D eigenvalue weighted by molar-refractivity contribution is -0.142. The summed E-state index contributed by atoms with van der Waals surface area (Å²) in [6.45, 7) is 3.68. The van der Waals surface area contributed by atoms with E-state index in [2.05, 4.69) is 26.3 Å². The van der Waals surface area contributed by atoms with E-state index in [0.29, 0.717) is 36.0 Å². The van der Waals surface area contributed by atoms with Gasteiger partial charge in [-0.15, -0.1) is 0 Å². The fraction of sp³-hybridized carbons (Fsp3) is 0.568. The van der Waals surface area contributed by atoms with Crippen LogP contribution in [0.4, 0.5) is 0 Å². The average molecular weight is 644 g/mol. The number of hydrogen-bond donors (Lipinski definition) is 1. The van der Waals surface area contributed by atoms with E-state index in [4.69, 9.17) is 4.74 Å². The molecule has 2 amide bonds. The molecule has 4 atom stereocenters. The molecule has 5 aliphatic rings. The Balaban J connectivity index is 1.33. The van der Waals surface area contributed by atoms with Crippen molar-refractivity contribution in [2.45, 2.75) is 120 Å². The smallest absolute Gasteiger partial charge is 0.264 e. The Morgan fingerprint density at radius 3 is 2.37 bits per heavy atom. The molecule has 1 N–H and O–H groups in total. The minimum absolute atomic E-state index is 0.100. The second-order valence-corrected chi connectivity index (χ2v) is 17.1. The third kappa shape index (κ3) is 4.54. The SMILES string of the molecule is COc1ccc2c(c1)C1CC1(C(=O)N1C3CCCC1CC3)Cn1c-2c(C2CCCCC2)c2ccc(C(=O)NS(=O)(=O)C(C)C)cc21. The zero-order valence-electron chi connectivity index (χ0n) is 27.2. The van der Waals surface area contributed by atoms with Crippen molar-refractivity contribution >= 4 is 32.7 Å². The molecule has 2 bridgehead atoms. The lowest BCUT2D eigenvalue weighted by Gasteiger charge is -2.38. The number of benzene rings is 2. The maximum absolute atomic E-state index is 14.9. The number of amides is 2. The van der Waals surface area contributed by atoms with Crippen molar-refractivity contribution in [1.82, 2.24) is 14.2 Å². The molecule has 0 radical (unpaired) electrons. The van der Waals surface area contributed by atoms with Crippen LogP contribution in [0.5, 0.6) is 5.75 Å². The number of methoxy groups -OCH3 is 1. The van der Waals surface area contributed by atoms with E-state index in [1.54, 1.807) is 27.0 Å². The Labute approximate surface area is 271 Å². The third-order valence-corrected chi connectivity index (χ3v) is 13.7. The van der Waals surface area contributed by atoms with E-state index in [0.717, 1.165) is 72.9 Å². The molecule has 8 rings (SSSR count). The van der Waals surface area contributed by atoms with Crippen LogP contribution in [0.2, 0.25) is 0 Å². The highest BCUT2D eigenvalue weighted by Gasteiger charge is 2.65. The average Bonchev–Trinajstić information content (AvgIpc) is 3.65. The molecule has 2 aliphatic carbocycles. The molecule has 9 heteroatoms. The van der Waals surface area contributed by atoms with Gasteiger partial charge in [0.25, 0.3) is 5.91 Å². The summed E-state index contributed by atoms with van der Waals surface area (Å²) >= 11 is 0. The fourth-order valence-electron chi connectivity index (χ4n) is 9.43. The second-order valence-electron chi connectivity index (χ2n) is 14.8. The molecule has 4 unspecified atom stereocenters. The summed E-state index contributed by atoms with van der Waals surface area (Å²) in [4.78, 5) is 30.5. The van der Waals surface area contributed by atoms with Crippen molar-refractivity contribution in [3.8, 4) is 17.0 Å². The number of nitrogens with one attached hydrogen (secondary N) is 1. The van der Waals surface area contributed by atoms with Crippen LogP contribution < -0.4 is 9.46 Å². The van der Waals surface area contributed by atoms with Crippen molar-refractivity contribution in [1.29, 1.82) is 0 Å². The second kappa shape index (κ2) is 10.9. The predicted molar refractivity (Wildman–Crippen MR) is 179 cm³/mol. The summed E-state index contributed by atoms with van der Waals surface area (Å²) in [5, 5.41) is 0.380. The summed E-state index contributed by atoms with van der Waals surface area (Å²) in [5.74, 6) is 0.957. The number of fused-ring (bicyclic) bond motifs is 9. The Hall–Kier alpha value is -3.33. The molecule has 8 nitrogen and oxygen atoms in total. The number of ether oxygens (including phenoxy) is 1. The number of aromatic nitrogens is 1. The molecule has 4 fully saturated rings. The van der Waals surface area contributed by atoms with Crippen LogP contribution in [0.25, 0.3) is 22.2 Å². The van der Waals surface area contributed by atoms with Crippen LogP contribution in [0.15, 0.2) is 36.4 Å². The minimum atomic E-state index is -3.79. The van der Waals surface area contributed by atoms with Gasteiger partial charge in [-0.3, -0.25) is 9.59 Å². The van der Waals surface area contributed by atoms with Crippen molar-refractivity contribution in [2.75, 3.05) is 7.11 Å². The third-order valence-electron chi connectivity index (χ3n) is 12.0. The van der Waals surface area contributed by atoms with Crippen molar-refractivity contribution < 1.29 is 22.7 Å². The standard InChI is InChI=1S/C37H45N3O5S/c1-22(2)46(43,44)38-35(41)24-12-16-29-32(18-24)39-21-37(36(42)40-25-10-7-11-26(40)14-13-25)20-31(37)30-19-27(45-3)15-17-28(30)34(39)33(29)23-8-5-4-6-9-23/h12,15-19,22-23,25-26,31H,4-11,13-14,20-21H2,1-3H3,(H,38,41). The number of carbonyl (C=O) groups excluding carboxylic acids is 2. The molecule has 3 aromatic rings. The van der Waals surface area contributed by atoms with Gasteiger partial charge in [-0.05, 0) is 113 Å². The highest BCUT2D eigenvalue weighted by molar-refractivity contribution is 7.90. The van der Waals surface area contributed by atoms with Gasteiger partial charge < -0.3 is 14.2 Å². The molecule has 3 aliphatic heterocycles. The normalized spacial score (nSPS) is 27.1. The highest BCUT2D eigenvalue weighted by atomic mass is 32.2. The van der Waals surface area contributed by atoms with Gasteiger partial charge in [0, 0.05) is 46.6 Å². The van der Waals surface area contributed by atoms with Gasteiger partial charge in [-0.2, -0.15) is 0 Å². The van der Waals surface area contributed by atoms with Crippen molar-refractivity contribution in [3.63, 3.8) is 0 Å². The molecular formula is C37H45N3O5S. The Morgan fingerprint density at radius 2 is 1.67 bits per heavy atom. The molecular weight excluding hydrogens is 598 g/mol. The topological polar surface area (TPSA) is 97.7 Å². The van der Waals surface area contributed by atoms with Crippen molar-refractivity contribution in [2.24, 2.45) is 5.41 Å². The number of carbonyl (C=O) groups is 2. The van der Waals surface area contributed by atoms with Gasteiger partial charge in [0.15, 0.2) is 0 Å². The molecule has 2 saturated heterocycles. The van der Waals surface area contributed by atoms with Gasteiger partial charge >= 0.3 is 0 Å². The largest absolute Gasteiger partial charge is 0.497 e. The van der Waals surface area contributed by atoms with Crippen LogP contribution in [0.1, 0.15) is 118 Å². The van der Waals surface area contributed by atoms with E-state index >= 15 is 0 Å². The van der Waals surface area contributed by atoms with Gasteiger partial charge in [0.1, 0.15) is 5.75 Å². The predicted octanol–water partition coefficient (Wildman–Crippen LogP) is 6.86. The van der Waals surface area contributed by atoms with Crippen LogP contribution in [-0.2, 0) is 21.4 Å². The van der Waals surface area contributed by atoms with E-state index in [1.807, 2.05) is 18.2 Å². The first-order valence-corrected chi connectivity index (χ1v) is 18.9. The van der Waals surface area contributed by atoms with Crippen LogP contribution in [-0.4, -0.2) is 54.1 Å². The first-order chi connectivity index (χ1) is 22.1. The van der Waals surface area contributed by atoms with Gasteiger partial charge in [0.05, 0.1) is 23.5 Å². The van der Waals surface area contributed by atoms with Gasteiger partial charge in [-0.1, -0.05) is 25.3 Å². The monoisotopic (exact) mass is 643 g/mol. The van der Waals surface area contributed by atoms with Gasteiger partial charge in [-0.25, -0.2) is 13.1 Å². The molecule has 4 heterocycles. The molecule has 0 spiro atoms. The van der Waals surface area contributed by atoms with E-state index < -0.39 is 26.6 Å². The molecule has 1 aromatic heterocycles. The zero-order chi connectivity index (χ0) is 32.0. The summed E-state index contributed by atoms with van der Waals surface area (Å²) in [5.41, 5.74) is 5.49. The lowest BCUT2D eigenvalue weighted by atomic mass is 9.81. The maximum Gasteiger partial charge on any atom is 0.264 e. The van der Waals surface area contributed by atoms with E-state index in [9.17, 15) is 18.0 Å². The summed E-state index contributed by atoms with van der Waals surface area (Å²) < 4.78 is 35.6. The quantitative estimate of drug-likeness (QED) is 0.317. The van der Waals surface area contributed by atoms with Crippen LogP contribution >= 0.6 is 0 Å². The number of rotatable bonds is 6. The van der Waals surface area contributed by atoms with E-state index in [-0.39, 0.29) is 5.92 Å². The molecule has 244 valence electrons. The Bertz CT molecular complexity index is 1840. The first kappa shape index (κ1) is 30.0. The number of hydrogen-bond acceptors (Lipinski definition) is 5. The zero-order valence-corrected chi connectivity index (χ0v) is 28.0. The van der Waals surface area contributed by atoms with Crippen molar-refractivity contribution in [3.05, 3.63) is 53.1 Å². The van der Waals surface area contributed by atoms with E-state index in [1.165, 1.54) is 36.8 Å². The molecule has 2 aromatic carbocycles. The lowest BCUT2D eigenvalue weighted by Crippen LogP contribution is -2.48. The summed E-state index contributed by atoms with van der Waals surface area (Å²) in [6.07, 6.45) is 12.2. The minimum Gasteiger partial charge on any atom is -0.497 e. The van der Waals surface area contributed by atoms with Gasteiger partial charge in [0.2, 0.25) is 15.9 Å². The van der Waals surface area contributed by atoms with Crippen LogP contribution in [0.3, 0.4) is 0 Å². The Morgan fingerprint density at radius 1 is 0.935 bits per heavy atom. The van der Waals surface area contributed by atoms with Crippen LogP contribution in [0, 0.1) is 5.41 Å². The number of piperidine rings is 1. The molecule has 46 heavy (non-hydrogen) atoms. The first-order valence-electron chi connectivity index (χ1n) is 17.4. The molecule has 2 saturated carbocycles. The highest BCUT2D eigenvalue weighted by Crippen LogP contribution is 2.67.